The highest BCUT2D eigenvalue weighted by Gasteiger charge is 2.06. The lowest BCUT2D eigenvalue weighted by Gasteiger charge is -2.05. The lowest BCUT2D eigenvalue weighted by molar-refractivity contribution is 0.194. The lowest BCUT2D eigenvalue weighted by atomic mass is 10.1. The Bertz CT molecular complexity index is 260. The van der Waals surface area contributed by atoms with Gasteiger partial charge >= 0.3 is 0 Å². The van der Waals surface area contributed by atoms with Gasteiger partial charge in [0.2, 0.25) is 0 Å². The van der Waals surface area contributed by atoms with Crippen LogP contribution in [0.3, 0.4) is 0 Å². The largest absolute Gasteiger partial charge is 0.389 e. The summed E-state index contributed by atoms with van der Waals surface area (Å²) >= 11 is 3.12. The predicted molar refractivity (Wildman–Crippen MR) is 44.7 cm³/mol. The summed E-state index contributed by atoms with van der Waals surface area (Å²) in [5.74, 6) is -0.380. The van der Waals surface area contributed by atoms with Crippen LogP contribution in [-0.2, 0) is 0 Å². The molecule has 1 rings (SSSR count). The van der Waals surface area contributed by atoms with Gasteiger partial charge in [-0.25, -0.2) is 4.39 Å². The van der Waals surface area contributed by atoms with Crippen molar-refractivity contribution in [2.24, 2.45) is 0 Å². The first-order valence-corrected chi connectivity index (χ1v) is 4.03. The van der Waals surface area contributed by atoms with E-state index >= 15 is 0 Å². The molecule has 0 aliphatic carbocycles. The molecule has 3 heteroatoms. The van der Waals surface area contributed by atoms with Gasteiger partial charge in [-0.1, -0.05) is 22.0 Å². The second kappa shape index (κ2) is 3.32. The summed E-state index contributed by atoms with van der Waals surface area (Å²) in [5.41, 5.74) is 0.327. The molecule has 0 aliphatic rings. The molecule has 0 aliphatic heterocycles. The van der Waals surface area contributed by atoms with Gasteiger partial charge in [-0.05, 0) is 19.1 Å². The van der Waals surface area contributed by atoms with Crippen LogP contribution in [-0.4, -0.2) is 5.11 Å². The van der Waals surface area contributed by atoms with Crippen molar-refractivity contribution in [2.75, 3.05) is 0 Å². The van der Waals surface area contributed by atoms with Crippen molar-refractivity contribution in [1.29, 1.82) is 0 Å². The minimum absolute atomic E-state index is 0.327. The fourth-order valence-electron chi connectivity index (χ4n) is 0.840. The molecule has 0 saturated carbocycles. The van der Waals surface area contributed by atoms with Crippen LogP contribution in [0.4, 0.5) is 4.39 Å². The maximum absolute atomic E-state index is 12.9. The molecule has 0 amide bonds. The van der Waals surface area contributed by atoms with E-state index in [2.05, 4.69) is 15.9 Å². The SMILES string of the molecule is C[C@@H](O)c1ccc(Br)cc1F. The second-order valence-electron chi connectivity index (χ2n) is 2.34. The topological polar surface area (TPSA) is 20.2 Å². The first-order chi connectivity index (χ1) is 5.11. The summed E-state index contributed by atoms with van der Waals surface area (Å²) in [6, 6.07) is 4.59. The van der Waals surface area contributed by atoms with Gasteiger partial charge in [0.1, 0.15) is 5.82 Å². The number of benzene rings is 1. The van der Waals surface area contributed by atoms with Gasteiger partial charge in [0.05, 0.1) is 6.10 Å². The molecule has 0 aromatic heterocycles. The van der Waals surface area contributed by atoms with Gasteiger partial charge in [0.15, 0.2) is 0 Å². The first-order valence-electron chi connectivity index (χ1n) is 3.24. The van der Waals surface area contributed by atoms with Crippen molar-refractivity contribution in [3.05, 3.63) is 34.1 Å². The van der Waals surface area contributed by atoms with Crippen LogP contribution >= 0.6 is 15.9 Å². The fraction of sp³-hybridized carbons (Fsp3) is 0.250. The molecule has 60 valence electrons. The quantitative estimate of drug-likeness (QED) is 0.769. The molecule has 0 saturated heterocycles. The van der Waals surface area contributed by atoms with E-state index in [-0.39, 0.29) is 5.82 Å². The number of aliphatic hydroxyl groups is 1. The average molecular weight is 219 g/mol. The molecular formula is C8H8BrFO. The molecule has 0 fully saturated rings. The third-order valence-electron chi connectivity index (χ3n) is 1.41. The van der Waals surface area contributed by atoms with E-state index in [1.54, 1.807) is 12.1 Å². The van der Waals surface area contributed by atoms with E-state index in [0.717, 1.165) is 0 Å². The zero-order valence-electron chi connectivity index (χ0n) is 6.01. The van der Waals surface area contributed by atoms with Gasteiger partial charge in [-0.15, -0.1) is 0 Å². The molecule has 1 nitrogen and oxygen atoms in total. The lowest BCUT2D eigenvalue weighted by Crippen LogP contribution is -1.94. The highest BCUT2D eigenvalue weighted by atomic mass is 79.9. The minimum atomic E-state index is -0.747. The Morgan fingerprint density at radius 1 is 1.55 bits per heavy atom. The summed E-state index contributed by atoms with van der Waals surface area (Å²) in [6.45, 7) is 1.53. The third-order valence-corrected chi connectivity index (χ3v) is 1.91. The number of halogens is 2. The molecule has 1 aromatic rings. The zero-order valence-corrected chi connectivity index (χ0v) is 7.60. The Morgan fingerprint density at radius 3 is 2.64 bits per heavy atom. The Hall–Kier alpha value is -0.410. The third kappa shape index (κ3) is 2.01. The van der Waals surface area contributed by atoms with Gasteiger partial charge < -0.3 is 5.11 Å². The summed E-state index contributed by atoms with van der Waals surface area (Å²) < 4.78 is 13.6. The van der Waals surface area contributed by atoms with E-state index in [1.807, 2.05) is 0 Å². The highest BCUT2D eigenvalue weighted by Crippen LogP contribution is 2.20. The van der Waals surface area contributed by atoms with Crippen LogP contribution in [0.5, 0.6) is 0 Å². The molecule has 0 bridgehead atoms. The Labute approximate surface area is 73.0 Å². The van der Waals surface area contributed by atoms with Crippen molar-refractivity contribution in [2.45, 2.75) is 13.0 Å². The van der Waals surface area contributed by atoms with E-state index in [4.69, 9.17) is 5.11 Å². The van der Waals surface area contributed by atoms with Crippen molar-refractivity contribution in [1.82, 2.24) is 0 Å². The smallest absolute Gasteiger partial charge is 0.130 e. The van der Waals surface area contributed by atoms with Crippen LogP contribution < -0.4 is 0 Å². The predicted octanol–water partition coefficient (Wildman–Crippen LogP) is 2.64. The molecule has 1 N–H and O–H groups in total. The van der Waals surface area contributed by atoms with E-state index < -0.39 is 6.10 Å². The molecular weight excluding hydrogens is 211 g/mol. The van der Waals surface area contributed by atoms with Crippen molar-refractivity contribution in [3.8, 4) is 0 Å². The Morgan fingerprint density at radius 2 is 2.18 bits per heavy atom. The van der Waals surface area contributed by atoms with Crippen LogP contribution in [0.1, 0.15) is 18.6 Å². The molecule has 0 heterocycles. The highest BCUT2D eigenvalue weighted by molar-refractivity contribution is 9.10. The van der Waals surface area contributed by atoms with Gasteiger partial charge in [-0.3, -0.25) is 0 Å². The van der Waals surface area contributed by atoms with Crippen LogP contribution in [0, 0.1) is 5.82 Å². The minimum Gasteiger partial charge on any atom is -0.389 e. The average Bonchev–Trinajstić information content (AvgIpc) is 1.85. The Kier molecular flexibility index (Phi) is 2.62. The normalized spacial score (nSPS) is 13.1. The van der Waals surface area contributed by atoms with Gasteiger partial charge in [0.25, 0.3) is 0 Å². The van der Waals surface area contributed by atoms with Crippen molar-refractivity contribution >= 4 is 15.9 Å². The molecule has 1 atom stereocenters. The number of hydrogen-bond donors (Lipinski definition) is 1. The monoisotopic (exact) mass is 218 g/mol. The fourth-order valence-corrected chi connectivity index (χ4v) is 1.17. The number of rotatable bonds is 1. The van der Waals surface area contributed by atoms with Crippen molar-refractivity contribution in [3.63, 3.8) is 0 Å². The molecule has 0 radical (unpaired) electrons. The summed E-state index contributed by atoms with van der Waals surface area (Å²) in [5, 5.41) is 9.04. The second-order valence-corrected chi connectivity index (χ2v) is 3.26. The Balaban J connectivity index is 3.09. The van der Waals surface area contributed by atoms with Gasteiger partial charge in [-0.2, -0.15) is 0 Å². The van der Waals surface area contributed by atoms with Gasteiger partial charge in [0, 0.05) is 10.0 Å². The molecule has 1 aromatic carbocycles. The van der Waals surface area contributed by atoms with E-state index in [1.165, 1.54) is 13.0 Å². The van der Waals surface area contributed by atoms with Crippen LogP contribution in [0.2, 0.25) is 0 Å². The van der Waals surface area contributed by atoms with E-state index in [0.29, 0.717) is 10.0 Å². The maximum atomic E-state index is 12.9. The summed E-state index contributed by atoms with van der Waals surface area (Å²) in [6.07, 6.45) is -0.747. The maximum Gasteiger partial charge on any atom is 0.130 e. The van der Waals surface area contributed by atoms with Crippen molar-refractivity contribution < 1.29 is 9.50 Å². The van der Waals surface area contributed by atoms with Crippen LogP contribution in [0.15, 0.2) is 22.7 Å². The zero-order chi connectivity index (χ0) is 8.43. The van der Waals surface area contributed by atoms with E-state index in [9.17, 15) is 4.39 Å². The standard InChI is InChI=1S/C8H8BrFO/c1-5(11)7-3-2-6(9)4-8(7)10/h2-5,11H,1H3/t5-/m1/s1. The molecule has 0 spiro atoms. The van der Waals surface area contributed by atoms with Crippen LogP contribution in [0.25, 0.3) is 0 Å². The summed E-state index contributed by atoms with van der Waals surface area (Å²) in [7, 11) is 0. The number of hydrogen-bond acceptors (Lipinski definition) is 1. The number of aliphatic hydroxyl groups excluding tert-OH is 1. The first kappa shape index (κ1) is 8.68. The summed E-state index contributed by atoms with van der Waals surface area (Å²) in [4.78, 5) is 0. The molecule has 0 unspecified atom stereocenters. The molecule has 11 heavy (non-hydrogen) atoms.